The normalized spacial score (nSPS) is 14.7. The lowest BCUT2D eigenvalue weighted by Crippen LogP contribution is -2.45. The second-order valence-corrected chi connectivity index (χ2v) is 3.50. The predicted octanol–water partition coefficient (Wildman–Crippen LogP) is 1.02. The van der Waals surface area contributed by atoms with Crippen LogP contribution in [0.3, 0.4) is 0 Å². The Kier molecular flexibility index (Phi) is 2.72. The second kappa shape index (κ2) is 4.03. The van der Waals surface area contributed by atoms with Gasteiger partial charge in [0.25, 0.3) is 5.91 Å². The molecule has 3 N–H and O–H groups in total. The van der Waals surface area contributed by atoms with Crippen LogP contribution >= 0.6 is 0 Å². The van der Waals surface area contributed by atoms with E-state index in [2.05, 4.69) is 9.97 Å². The lowest BCUT2D eigenvalue weighted by molar-refractivity contribution is -0.136. The fourth-order valence-electron chi connectivity index (χ4n) is 1.24. The van der Waals surface area contributed by atoms with E-state index in [4.69, 9.17) is 10.5 Å². The van der Waals surface area contributed by atoms with E-state index < -0.39 is 5.91 Å². The van der Waals surface area contributed by atoms with Crippen molar-refractivity contribution < 1.29 is 9.84 Å². The fourth-order valence-corrected chi connectivity index (χ4v) is 1.24. The third kappa shape index (κ3) is 2.26. The first-order valence-electron chi connectivity index (χ1n) is 5.03. The topological polar surface area (TPSA) is 81.3 Å². The third-order valence-electron chi connectivity index (χ3n) is 2.21. The summed E-state index contributed by atoms with van der Waals surface area (Å²) in [6, 6.07) is 7.40. The van der Waals surface area contributed by atoms with Crippen molar-refractivity contribution in [1.82, 2.24) is 9.97 Å². The summed E-state index contributed by atoms with van der Waals surface area (Å²) in [5, 5.41) is 9.54. The highest BCUT2D eigenvalue weighted by Crippen LogP contribution is 2.16. The van der Waals surface area contributed by atoms with Crippen molar-refractivity contribution in [3.05, 3.63) is 30.5 Å². The molecule has 0 spiro atoms. The number of fused-ring (bicyclic) bond motifs is 1. The smallest absolute Gasteiger partial charge is 0.266 e. The first kappa shape index (κ1) is 10.8. The quantitative estimate of drug-likeness (QED) is 0.753. The molecule has 0 fully saturated rings. The Morgan fingerprint density at radius 3 is 2.75 bits per heavy atom. The van der Waals surface area contributed by atoms with Crippen molar-refractivity contribution in [2.24, 2.45) is 5.73 Å². The summed E-state index contributed by atoms with van der Waals surface area (Å²) < 4.78 is 5.12. The van der Waals surface area contributed by atoms with E-state index in [1.54, 1.807) is 6.92 Å². The maximum atomic E-state index is 9.54. The van der Waals surface area contributed by atoms with E-state index in [1.807, 2.05) is 24.3 Å². The molecule has 1 unspecified atom stereocenters. The van der Waals surface area contributed by atoms with Gasteiger partial charge in [-0.2, -0.15) is 0 Å². The minimum absolute atomic E-state index is 0.213. The monoisotopic (exact) mass is 219 g/mol. The molecule has 5 nitrogen and oxygen atoms in total. The number of benzene rings is 1. The van der Waals surface area contributed by atoms with Gasteiger partial charge in [0.05, 0.1) is 17.2 Å². The van der Waals surface area contributed by atoms with Gasteiger partial charge in [0, 0.05) is 6.42 Å². The summed E-state index contributed by atoms with van der Waals surface area (Å²) in [6.45, 7) is 1.72. The number of hydrogen-bond acceptors (Lipinski definition) is 5. The molecule has 16 heavy (non-hydrogen) atoms. The molecular weight excluding hydrogens is 206 g/mol. The number of nitrogens with zero attached hydrogens (tertiary/aromatic N) is 2. The summed E-state index contributed by atoms with van der Waals surface area (Å²) in [5.41, 5.74) is 6.93. The minimum atomic E-state index is -1.70. The van der Waals surface area contributed by atoms with E-state index in [9.17, 15) is 5.11 Å². The molecule has 0 aliphatic carbocycles. The molecule has 1 heterocycles. The molecule has 1 aromatic carbocycles. The molecular formula is C11H13N3O2. The van der Waals surface area contributed by atoms with Crippen LogP contribution in [0.4, 0.5) is 0 Å². The minimum Gasteiger partial charge on any atom is -0.430 e. The van der Waals surface area contributed by atoms with Crippen molar-refractivity contribution in [2.75, 3.05) is 0 Å². The maximum Gasteiger partial charge on any atom is 0.266 e. The summed E-state index contributed by atoms with van der Waals surface area (Å²) in [6.07, 6.45) is 1.71. The lowest BCUT2D eigenvalue weighted by Gasteiger charge is -2.21. The lowest BCUT2D eigenvalue weighted by atomic mass is 10.3. The van der Waals surface area contributed by atoms with Crippen molar-refractivity contribution in [3.63, 3.8) is 0 Å². The van der Waals surface area contributed by atoms with Gasteiger partial charge in [-0.1, -0.05) is 19.1 Å². The van der Waals surface area contributed by atoms with Gasteiger partial charge in [-0.25, -0.2) is 9.97 Å². The zero-order valence-electron chi connectivity index (χ0n) is 8.92. The Morgan fingerprint density at radius 2 is 2.06 bits per heavy atom. The molecule has 2 aromatic rings. The average molecular weight is 219 g/mol. The number of nitrogens with two attached hydrogens (primary N) is 1. The Hall–Kier alpha value is -1.72. The van der Waals surface area contributed by atoms with Gasteiger partial charge in [-0.15, -0.1) is 0 Å². The van der Waals surface area contributed by atoms with Crippen LogP contribution in [0.2, 0.25) is 0 Å². The Balaban J connectivity index is 2.33. The molecule has 84 valence electrons. The van der Waals surface area contributed by atoms with E-state index >= 15 is 0 Å². The van der Waals surface area contributed by atoms with Gasteiger partial charge >= 0.3 is 0 Å². The standard InChI is InChI=1S/C11H13N3O2/c1-2-11(12,15)16-10-7-13-8-5-3-4-6-9(8)14-10/h3-7,15H,2,12H2,1H3. The van der Waals surface area contributed by atoms with Crippen LogP contribution in [0.25, 0.3) is 11.0 Å². The first-order valence-corrected chi connectivity index (χ1v) is 5.03. The van der Waals surface area contributed by atoms with Crippen molar-refractivity contribution in [3.8, 4) is 5.88 Å². The summed E-state index contributed by atoms with van der Waals surface area (Å²) in [7, 11) is 0. The highest BCUT2D eigenvalue weighted by Gasteiger charge is 2.21. The van der Waals surface area contributed by atoms with Crippen LogP contribution in [0.1, 0.15) is 13.3 Å². The van der Waals surface area contributed by atoms with Gasteiger partial charge in [0.1, 0.15) is 0 Å². The van der Waals surface area contributed by atoms with E-state index in [0.717, 1.165) is 5.52 Å². The fraction of sp³-hybridized carbons (Fsp3) is 0.273. The van der Waals surface area contributed by atoms with Crippen molar-refractivity contribution in [2.45, 2.75) is 19.3 Å². The van der Waals surface area contributed by atoms with Gasteiger partial charge in [0.15, 0.2) is 0 Å². The van der Waals surface area contributed by atoms with E-state index in [0.29, 0.717) is 5.52 Å². The van der Waals surface area contributed by atoms with Gasteiger partial charge < -0.3 is 9.84 Å². The molecule has 0 aliphatic rings. The van der Waals surface area contributed by atoms with Crippen LogP contribution < -0.4 is 10.5 Å². The molecule has 5 heteroatoms. The summed E-state index contributed by atoms with van der Waals surface area (Å²) in [5.74, 6) is -1.48. The van der Waals surface area contributed by atoms with E-state index in [1.165, 1.54) is 6.20 Å². The molecule has 0 bridgehead atoms. The molecule has 1 aromatic heterocycles. The van der Waals surface area contributed by atoms with Crippen LogP contribution in [-0.4, -0.2) is 21.0 Å². The number of aliphatic hydroxyl groups is 1. The van der Waals surface area contributed by atoms with Gasteiger partial charge in [-0.3, -0.25) is 5.73 Å². The number of aromatic nitrogens is 2. The molecule has 0 saturated heterocycles. The summed E-state index contributed by atoms with van der Waals surface area (Å²) >= 11 is 0. The van der Waals surface area contributed by atoms with Crippen molar-refractivity contribution in [1.29, 1.82) is 0 Å². The Morgan fingerprint density at radius 1 is 1.38 bits per heavy atom. The average Bonchev–Trinajstić information content (AvgIpc) is 2.28. The second-order valence-electron chi connectivity index (χ2n) is 3.50. The Labute approximate surface area is 92.9 Å². The third-order valence-corrected chi connectivity index (χ3v) is 2.21. The van der Waals surface area contributed by atoms with Crippen LogP contribution in [0.5, 0.6) is 5.88 Å². The van der Waals surface area contributed by atoms with Crippen LogP contribution in [0, 0.1) is 0 Å². The van der Waals surface area contributed by atoms with E-state index in [-0.39, 0.29) is 12.3 Å². The Bertz CT molecular complexity index is 499. The molecule has 2 rings (SSSR count). The van der Waals surface area contributed by atoms with Gasteiger partial charge in [0.2, 0.25) is 5.88 Å². The molecule has 0 aliphatic heterocycles. The zero-order chi connectivity index (χ0) is 11.6. The summed E-state index contributed by atoms with van der Waals surface area (Å²) in [4.78, 5) is 8.33. The SMILES string of the molecule is CCC(N)(O)Oc1cnc2ccccc2n1. The zero-order valence-corrected chi connectivity index (χ0v) is 8.92. The van der Waals surface area contributed by atoms with Crippen molar-refractivity contribution >= 4 is 11.0 Å². The molecule has 0 saturated carbocycles. The highest BCUT2D eigenvalue weighted by atomic mass is 16.6. The molecule has 0 amide bonds. The maximum absolute atomic E-state index is 9.54. The number of rotatable bonds is 3. The largest absolute Gasteiger partial charge is 0.430 e. The molecule has 1 atom stereocenters. The highest BCUT2D eigenvalue weighted by molar-refractivity contribution is 5.73. The molecule has 0 radical (unpaired) electrons. The number of ether oxygens (including phenoxy) is 1. The number of hydrogen-bond donors (Lipinski definition) is 2. The predicted molar refractivity (Wildman–Crippen MR) is 59.6 cm³/mol. The van der Waals surface area contributed by atoms with Crippen LogP contribution in [0.15, 0.2) is 30.5 Å². The first-order chi connectivity index (χ1) is 7.61. The van der Waals surface area contributed by atoms with Crippen LogP contribution in [-0.2, 0) is 0 Å². The number of para-hydroxylation sites is 2. The van der Waals surface area contributed by atoms with Gasteiger partial charge in [-0.05, 0) is 12.1 Å².